The highest BCUT2D eigenvalue weighted by Gasteiger charge is 2.23. The van der Waals surface area contributed by atoms with Crippen LogP contribution in [0.25, 0.3) is 0 Å². The molecule has 0 aliphatic carbocycles. The molecule has 0 aliphatic rings. The van der Waals surface area contributed by atoms with Crippen LogP contribution in [0, 0.1) is 10.1 Å². The Labute approximate surface area is 97.5 Å². The van der Waals surface area contributed by atoms with Crippen LogP contribution in [0.3, 0.4) is 0 Å². The number of nitro groups is 1. The number of Topliss-reactive ketones (excluding diaryl/α,β-unsaturated/α-hetero) is 1. The van der Waals surface area contributed by atoms with Crippen molar-refractivity contribution in [3.05, 3.63) is 37.8 Å². The van der Waals surface area contributed by atoms with Crippen LogP contribution in [-0.2, 0) is 0 Å². The number of alkyl halides is 2. The van der Waals surface area contributed by atoms with Gasteiger partial charge in [0, 0.05) is 27.7 Å². The Bertz CT molecular complexity index is 462. The Morgan fingerprint density at radius 2 is 2.06 bits per heavy atom. The SMILES string of the molecule is CC(=O)c1c(Br)cc([N+](=O)[O-])cc1C(F)F. The van der Waals surface area contributed by atoms with Crippen molar-refractivity contribution in [2.45, 2.75) is 13.3 Å². The number of benzene rings is 1. The van der Waals surface area contributed by atoms with Gasteiger partial charge in [0.15, 0.2) is 5.78 Å². The van der Waals surface area contributed by atoms with Gasteiger partial charge >= 0.3 is 0 Å². The van der Waals surface area contributed by atoms with Crippen molar-refractivity contribution >= 4 is 27.4 Å². The fourth-order valence-corrected chi connectivity index (χ4v) is 2.00. The molecular weight excluding hydrogens is 288 g/mol. The van der Waals surface area contributed by atoms with E-state index in [0.29, 0.717) is 6.07 Å². The van der Waals surface area contributed by atoms with E-state index in [-0.39, 0.29) is 10.0 Å². The maximum Gasteiger partial charge on any atom is 0.271 e. The van der Waals surface area contributed by atoms with Crippen molar-refractivity contribution in [1.29, 1.82) is 0 Å². The van der Waals surface area contributed by atoms with E-state index in [0.717, 1.165) is 13.0 Å². The second kappa shape index (κ2) is 4.65. The molecule has 0 atom stereocenters. The van der Waals surface area contributed by atoms with Gasteiger partial charge in [-0.25, -0.2) is 8.78 Å². The minimum atomic E-state index is -2.94. The lowest BCUT2D eigenvalue weighted by atomic mass is 10.0. The van der Waals surface area contributed by atoms with E-state index >= 15 is 0 Å². The Balaban J connectivity index is 3.51. The van der Waals surface area contributed by atoms with Crippen molar-refractivity contribution < 1.29 is 18.5 Å². The molecule has 0 radical (unpaired) electrons. The van der Waals surface area contributed by atoms with Crippen molar-refractivity contribution in [1.82, 2.24) is 0 Å². The van der Waals surface area contributed by atoms with Crippen LogP contribution >= 0.6 is 15.9 Å². The highest BCUT2D eigenvalue weighted by Crippen LogP contribution is 2.33. The molecule has 0 aromatic heterocycles. The van der Waals surface area contributed by atoms with E-state index in [1.165, 1.54) is 0 Å². The van der Waals surface area contributed by atoms with Crippen LogP contribution in [0.4, 0.5) is 14.5 Å². The average Bonchev–Trinajstić information content (AvgIpc) is 2.15. The van der Waals surface area contributed by atoms with E-state index < -0.39 is 28.4 Å². The van der Waals surface area contributed by atoms with Crippen LogP contribution in [0.2, 0.25) is 0 Å². The zero-order valence-electron chi connectivity index (χ0n) is 8.04. The van der Waals surface area contributed by atoms with E-state index in [4.69, 9.17) is 0 Å². The van der Waals surface area contributed by atoms with Crippen molar-refractivity contribution in [2.24, 2.45) is 0 Å². The van der Waals surface area contributed by atoms with Gasteiger partial charge in [0.05, 0.1) is 4.92 Å². The number of hydrogen-bond acceptors (Lipinski definition) is 3. The molecule has 0 amide bonds. The second-order valence-electron chi connectivity index (χ2n) is 3.01. The Hall–Kier alpha value is -1.37. The molecule has 1 aromatic rings. The molecule has 0 bridgehead atoms. The zero-order chi connectivity index (χ0) is 12.5. The highest BCUT2D eigenvalue weighted by atomic mass is 79.9. The number of hydrogen-bond donors (Lipinski definition) is 0. The monoisotopic (exact) mass is 293 g/mol. The molecule has 7 heteroatoms. The van der Waals surface area contributed by atoms with Crippen molar-refractivity contribution in [3.63, 3.8) is 0 Å². The van der Waals surface area contributed by atoms with Gasteiger partial charge in [-0.15, -0.1) is 0 Å². The molecule has 86 valence electrons. The third kappa shape index (κ3) is 2.41. The van der Waals surface area contributed by atoms with E-state index in [1.54, 1.807) is 0 Å². The normalized spacial score (nSPS) is 10.6. The van der Waals surface area contributed by atoms with Gasteiger partial charge < -0.3 is 0 Å². The topological polar surface area (TPSA) is 60.2 Å². The number of ketones is 1. The van der Waals surface area contributed by atoms with Gasteiger partial charge in [-0.1, -0.05) is 0 Å². The van der Waals surface area contributed by atoms with Gasteiger partial charge in [0.1, 0.15) is 0 Å². The van der Waals surface area contributed by atoms with Gasteiger partial charge in [-0.3, -0.25) is 14.9 Å². The molecule has 0 fully saturated rings. The summed E-state index contributed by atoms with van der Waals surface area (Å²) in [6.45, 7) is 1.12. The minimum Gasteiger partial charge on any atom is -0.294 e. The smallest absolute Gasteiger partial charge is 0.271 e. The predicted octanol–water partition coefficient (Wildman–Crippen LogP) is 3.50. The molecule has 16 heavy (non-hydrogen) atoms. The Morgan fingerprint density at radius 3 is 2.44 bits per heavy atom. The second-order valence-corrected chi connectivity index (χ2v) is 3.86. The summed E-state index contributed by atoms with van der Waals surface area (Å²) in [7, 11) is 0. The van der Waals surface area contributed by atoms with E-state index in [2.05, 4.69) is 15.9 Å². The first kappa shape index (κ1) is 12.7. The van der Waals surface area contributed by atoms with Crippen LogP contribution in [0.15, 0.2) is 16.6 Å². The molecule has 0 saturated carbocycles. The first-order chi connectivity index (χ1) is 7.34. The summed E-state index contributed by atoms with van der Waals surface area (Å²) in [5.41, 5.74) is -1.33. The lowest BCUT2D eigenvalue weighted by Crippen LogP contribution is -2.03. The average molecular weight is 294 g/mol. The number of carbonyl (C=O) groups is 1. The Morgan fingerprint density at radius 1 is 1.50 bits per heavy atom. The summed E-state index contributed by atoms with van der Waals surface area (Å²) < 4.78 is 25.2. The first-order valence-electron chi connectivity index (χ1n) is 4.11. The molecule has 0 spiro atoms. The van der Waals surface area contributed by atoms with Crippen LogP contribution in [0.5, 0.6) is 0 Å². The van der Waals surface area contributed by atoms with Gasteiger partial charge in [-0.05, 0) is 22.9 Å². The molecule has 0 N–H and O–H groups in total. The highest BCUT2D eigenvalue weighted by molar-refractivity contribution is 9.10. The third-order valence-corrected chi connectivity index (χ3v) is 2.53. The summed E-state index contributed by atoms with van der Waals surface area (Å²) in [6, 6.07) is 1.74. The van der Waals surface area contributed by atoms with Gasteiger partial charge in [0.2, 0.25) is 0 Å². The molecule has 0 aliphatic heterocycles. The number of rotatable bonds is 3. The fraction of sp³-hybridized carbons (Fsp3) is 0.222. The van der Waals surface area contributed by atoms with Crippen molar-refractivity contribution in [2.75, 3.05) is 0 Å². The lowest BCUT2D eigenvalue weighted by Gasteiger charge is -2.07. The van der Waals surface area contributed by atoms with Crippen LogP contribution in [-0.4, -0.2) is 10.7 Å². The van der Waals surface area contributed by atoms with Crippen molar-refractivity contribution in [3.8, 4) is 0 Å². The summed E-state index contributed by atoms with van der Waals surface area (Å²) in [5, 5.41) is 10.5. The van der Waals surface area contributed by atoms with Gasteiger partial charge in [0.25, 0.3) is 12.1 Å². The fourth-order valence-electron chi connectivity index (χ4n) is 1.26. The molecule has 1 aromatic carbocycles. The molecule has 0 saturated heterocycles. The van der Waals surface area contributed by atoms with Crippen LogP contribution < -0.4 is 0 Å². The standard InChI is InChI=1S/C9H6BrF2NO3/c1-4(14)8-6(9(11)12)2-5(13(15)16)3-7(8)10/h2-3,9H,1H3. The number of nitrogens with zero attached hydrogens (tertiary/aromatic N) is 1. The molecule has 4 nitrogen and oxygen atoms in total. The zero-order valence-corrected chi connectivity index (χ0v) is 9.62. The molecule has 1 rings (SSSR count). The third-order valence-electron chi connectivity index (χ3n) is 1.90. The summed E-state index contributed by atoms with van der Waals surface area (Å²) >= 11 is 2.88. The summed E-state index contributed by atoms with van der Waals surface area (Å²) in [4.78, 5) is 20.8. The summed E-state index contributed by atoms with van der Waals surface area (Å²) in [5.74, 6) is -0.572. The molecule has 0 heterocycles. The quantitative estimate of drug-likeness (QED) is 0.487. The minimum absolute atomic E-state index is 0.00417. The van der Waals surface area contributed by atoms with E-state index in [9.17, 15) is 23.7 Å². The van der Waals surface area contributed by atoms with E-state index in [1.807, 2.05) is 0 Å². The predicted molar refractivity (Wildman–Crippen MR) is 55.8 cm³/mol. The number of non-ortho nitro benzene ring substituents is 1. The lowest BCUT2D eigenvalue weighted by molar-refractivity contribution is -0.385. The number of halogens is 3. The maximum atomic E-state index is 12.6. The number of carbonyl (C=O) groups excluding carboxylic acids is 1. The molecule has 0 unspecified atom stereocenters. The Kier molecular flexibility index (Phi) is 3.69. The maximum absolute atomic E-state index is 12.6. The van der Waals surface area contributed by atoms with Gasteiger partial charge in [-0.2, -0.15) is 0 Å². The molecular formula is C9H6BrF2NO3. The number of nitro benzene ring substituents is 1. The largest absolute Gasteiger partial charge is 0.294 e. The van der Waals surface area contributed by atoms with Crippen LogP contribution in [0.1, 0.15) is 29.3 Å². The first-order valence-corrected chi connectivity index (χ1v) is 4.90. The summed E-state index contributed by atoms with van der Waals surface area (Å²) in [6.07, 6.45) is -2.94.